The van der Waals surface area contributed by atoms with Gasteiger partial charge in [0.15, 0.2) is 0 Å². The van der Waals surface area contributed by atoms with Gasteiger partial charge in [-0.15, -0.1) is 0 Å². The number of furan rings is 1. The van der Waals surface area contributed by atoms with Crippen molar-refractivity contribution in [2.45, 2.75) is 5.75 Å². The minimum Gasteiger partial charge on any atom is -0.468 e. The van der Waals surface area contributed by atoms with Gasteiger partial charge in [-0.3, -0.25) is 9.78 Å². The Bertz CT molecular complexity index is 531. The number of amides is 1. The monoisotopic (exact) mass is 340 g/mol. The number of hydrogen-bond acceptors (Lipinski definition) is 4. The number of carbonyl (C=O) groups is 1. The van der Waals surface area contributed by atoms with E-state index in [0.717, 1.165) is 21.7 Å². The largest absolute Gasteiger partial charge is 0.468 e. The lowest BCUT2D eigenvalue weighted by atomic mass is 10.3. The molecule has 0 aliphatic heterocycles. The van der Waals surface area contributed by atoms with Crippen molar-refractivity contribution in [3.63, 3.8) is 0 Å². The molecule has 2 heterocycles. The summed E-state index contributed by atoms with van der Waals surface area (Å²) in [4.78, 5) is 15.7. The average Bonchev–Trinajstić information content (AvgIpc) is 2.91. The molecule has 1 amide bonds. The zero-order valence-corrected chi connectivity index (χ0v) is 12.5. The van der Waals surface area contributed by atoms with Crippen molar-refractivity contribution in [1.82, 2.24) is 10.3 Å². The molecule has 0 saturated heterocycles. The molecule has 0 radical (unpaired) electrons. The summed E-state index contributed by atoms with van der Waals surface area (Å²) < 4.78 is 6.02. The number of thioether (sulfide) groups is 1. The highest BCUT2D eigenvalue weighted by molar-refractivity contribution is 9.10. The summed E-state index contributed by atoms with van der Waals surface area (Å²) in [6.45, 7) is 0.622. The minimum atomic E-state index is -0.104. The van der Waals surface area contributed by atoms with E-state index in [2.05, 4.69) is 26.2 Å². The molecule has 2 rings (SSSR count). The van der Waals surface area contributed by atoms with Gasteiger partial charge in [-0.25, -0.2) is 0 Å². The maximum atomic E-state index is 11.8. The molecule has 4 nitrogen and oxygen atoms in total. The summed E-state index contributed by atoms with van der Waals surface area (Å²) in [5, 5.41) is 2.86. The molecular formula is C13H13BrN2O2S. The van der Waals surface area contributed by atoms with Gasteiger partial charge >= 0.3 is 0 Å². The second-order valence-corrected chi connectivity index (χ2v) is 5.80. The van der Waals surface area contributed by atoms with Crippen molar-refractivity contribution >= 4 is 33.6 Å². The highest BCUT2D eigenvalue weighted by atomic mass is 79.9. The van der Waals surface area contributed by atoms with Crippen molar-refractivity contribution in [3.05, 3.63) is 52.7 Å². The first-order chi connectivity index (χ1) is 9.25. The molecule has 0 aromatic carbocycles. The molecule has 0 saturated carbocycles. The van der Waals surface area contributed by atoms with Crippen LogP contribution in [0.5, 0.6) is 0 Å². The van der Waals surface area contributed by atoms with E-state index < -0.39 is 0 Å². The highest BCUT2D eigenvalue weighted by Crippen LogP contribution is 2.12. The minimum absolute atomic E-state index is 0.104. The summed E-state index contributed by atoms with van der Waals surface area (Å²) in [5.74, 6) is 2.51. The Morgan fingerprint density at radius 2 is 2.37 bits per heavy atom. The molecule has 0 bridgehead atoms. The molecule has 19 heavy (non-hydrogen) atoms. The van der Waals surface area contributed by atoms with Gasteiger partial charge in [0.1, 0.15) is 5.76 Å². The first kappa shape index (κ1) is 14.1. The Morgan fingerprint density at radius 1 is 1.47 bits per heavy atom. The molecule has 0 unspecified atom stereocenters. The van der Waals surface area contributed by atoms with E-state index in [1.54, 1.807) is 36.5 Å². The normalized spacial score (nSPS) is 10.4. The van der Waals surface area contributed by atoms with E-state index in [1.165, 1.54) is 0 Å². The number of carbonyl (C=O) groups excluding carboxylic acids is 1. The van der Waals surface area contributed by atoms with E-state index in [0.29, 0.717) is 12.1 Å². The fourth-order valence-corrected chi connectivity index (χ4v) is 2.56. The molecule has 2 aromatic rings. The van der Waals surface area contributed by atoms with Gasteiger partial charge in [0.25, 0.3) is 5.91 Å². The van der Waals surface area contributed by atoms with E-state index >= 15 is 0 Å². The van der Waals surface area contributed by atoms with Crippen LogP contribution in [0.1, 0.15) is 16.1 Å². The number of aromatic nitrogens is 1. The van der Waals surface area contributed by atoms with E-state index in [4.69, 9.17) is 4.42 Å². The summed E-state index contributed by atoms with van der Waals surface area (Å²) in [7, 11) is 0. The Kier molecular flexibility index (Phi) is 5.47. The topological polar surface area (TPSA) is 55.1 Å². The van der Waals surface area contributed by atoms with Crippen LogP contribution in [0.3, 0.4) is 0 Å². The second-order valence-electron chi connectivity index (χ2n) is 3.78. The SMILES string of the molecule is O=C(NCCSCc1ccco1)c1cncc(Br)c1. The van der Waals surface area contributed by atoms with Crippen molar-refractivity contribution in [1.29, 1.82) is 0 Å². The lowest BCUT2D eigenvalue weighted by molar-refractivity contribution is 0.0956. The van der Waals surface area contributed by atoms with Crippen LogP contribution >= 0.6 is 27.7 Å². The predicted octanol–water partition coefficient (Wildman–Crippen LogP) is 3.10. The summed E-state index contributed by atoms with van der Waals surface area (Å²) in [6, 6.07) is 5.56. The molecule has 2 aromatic heterocycles. The standard InChI is InChI=1S/C13H13BrN2O2S/c14-11-6-10(7-15-8-11)13(17)16-3-5-19-9-12-2-1-4-18-12/h1-2,4,6-8H,3,5,9H2,(H,16,17). The van der Waals surface area contributed by atoms with Crippen LogP contribution in [0.25, 0.3) is 0 Å². The molecular weight excluding hydrogens is 328 g/mol. The van der Waals surface area contributed by atoms with Crippen LogP contribution < -0.4 is 5.32 Å². The second kappa shape index (κ2) is 7.35. The Morgan fingerprint density at radius 3 is 3.11 bits per heavy atom. The molecule has 0 spiro atoms. The molecule has 0 aliphatic rings. The number of halogens is 1. The first-order valence-corrected chi connectivity index (χ1v) is 7.69. The van der Waals surface area contributed by atoms with Crippen LogP contribution in [0, 0.1) is 0 Å². The van der Waals surface area contributed by atoms with Crippen LogP contribution in [0.4, 0.5) is 0 Å². The fourth-order valence-electron chi connectivity index (χ4n) is 1.44. The Labute approximate surface area is 124 Å². The lowest BCUT2D eigenvalue weighted by Crippen LogP contribution is -2.25. The molecule has 1 N–H and O–H groups in total. The van der Waals surface area contributed by atoms with Gasteiger partial charge in [0.05, 0.1) is 17.6 Å². The highest BCUT2D eigenvalue weighted by Gasteiger charge is 2.05. The summed E-state index contributed by atoms with van der Waals surface area (Å²) in [6.07, 6.45) is 4.87. The lowest BCUT2D eigenvalue weighted by Gasteiger charge is -2.04. The van der Waals surface area contributed by atoms with Gasteiger partial charge < -0.3 is 9.73 Å². The number of pyridine rings is 1. The van der Waals surface area contributed by atoms with E-state index in [9.17, 15) is 4.79 Å². The summed E-state index contributed by atoms with van der Waals surface area (Å²) in [5.41, 5.74) is 0.561. The number of rotatable bonds is 6. The molecule has 6 heteroatoms. The van der Waals surface area contributed by atoms with Crippen molar-refractivity contribution < 1.29 is 9.21 Å². The van der Waals surface area contributed by atoms with Crippen LogP contribution in [-0.4, -0.2) is 23.2 Å². The third-order valence-corrected chi connectivity index (χ3v) is 3.74. The predicted molar refractivity (Wildman–Crippen MR) is 79.1 cm³/mol. The third kappa shape index (κ3) is 4.72. The summed E-state index contributed by atoms with van der Waals surface area (Å²) >= 11 is 5.01. The quantitative estimate of drug-likeness (QED) is 0.821. The smallest absolute Gasteiger partial charge is 0.252 e. The average molecular weight is 341 g/mol. The number of nitrogens with zero attached hydrogens (tertiary/aromatic N) is 1. The first-order valence-electron chi connectivity index (χ1n) is 5.74. The van der Waals surface area contributed by atoms with Crippen molar-refractivity contribution in [2.75, 3.05) is 12.3 Å². The number of hydrogen-bond donors (Lipinski definition) is 1. The van der Waals surface area contributed by atoms with Gasteiger partial charge in [0.2, 0.25) is 0 Å². The van der Waals surface area contributed by atoms with Crippen molar-refractivity contribution in [2.24, 2.45) is 0 Å². The van der Waals surface area contributed by atoms with Gasteiger partial charge in [-0.1, -0.05) is 0 Å². The van der Waals surface area contributed by atoms with Gasteiger partial charge in [0, 0.05) is 29.2 Å². The van der Waals surface area contributed by atoms with Crippen molar-refractivity contribution in [3.8, 4) is 0 Å². The number of nitrogens with one attached hydrogen (secondary N) is 1. The third-order valence-electron chi connectivity index (χ3n) is 2.32. The zero-order valence-electron chi connectivity index (χ0n) is 10.1. The van der Waals surface area contributed by atoms with Gasteiger partial charge in [-0.2, -0.15) is 11.8 Å². The maximum Gasteiger partial charge on any atom is 0.252 e. The molecule has 0 atom stereocenters. The molecule has 0 fully saturated rings. The maximum absolute atomic E-state index is 11.8. The molecule has 100 valence electrons. The Hall–Kier alpha value is -1.27. The van der Waals surface area contributed by atoms with E-state index in [1.807, 2.05) is 12.1 Å². The van der Waals surface area contributed by atoms with Crippen LogP contribution in [-0.2, 0) is 5.75 Å². The van der Waals surface area contributed by atoms with E-state index in [-0.39, 0.29) is 5.91 Å². The Balaban J connectivity index is 1.67. The van der Waals surface area contributed by atoms with Gasteiger partial charge in [-0.05, 0) is 34.1 Å². The molecule has 0 aliphatic carbocycles. The fraction of sp³-hybridized carbons (Fsp3) is 0.231. The van der Waals surface area contributed by atoms with Crippen LogP contribution in [0.15, 0.2) is 45.7 Å². The zero-order chi connectivity index (χ0) is 13.5. The van der Waals surface area contributed by atoms with Crippen LogP contribution in [0.2, 0.25) is 0 Å².